The van der Waals surface area contributed by atoms with E-state index in [9.17, 15) is 4.79 Å². The average molecular weight is 290 g/mol. The Kier molecular flexibility index (Phi) is 6.25. The summed E-state index contributed by atoms with van der Waals surface area (Å²) < 4.78 is 0. The first-order chi connectivity index (χ1) is 8.50. The zero-order valence-electron chi connectivity index (χ0n) is 10.5. The topological polar surface area (TPSA) is 44.4 Å². The smallest absolute Gasteiger partial charge is 0.239 e. The Morgan fingerprint density at radius 1 is 1.28 bits per heavy atom. The fourth-order valence-electron chi connectivity index (χ4n) is 1.32. The van der Waals surface area contributed by atoms with Gasteiger partial charge in [-0.2, -0.15) is 0 Å². The highest BCUT2D eigenvalue weighted by molar-refractivity contribution is 6.39. The van der Waals surface area contributed by atoms with Crippen molar-refractivity contribution in [3.8, 4) is 0 Å². The van der Waals surface area contributed by atoms with Crippen molar-refractivity contribution in [1.82, 2.24) is 10.2 Å². The average Bonchev–Trinajstić information content (AvgIpc) is 2.27. The van der Waals surface area contributed by atoms with Crippen molar-refractivity contribution in [1.29, 1.82) is 0 Å². The summed E-state index contributed by atoms with van der Waals surface area (Å²) in [6, 6.07) is 5.20. The molecule has 0 aromatic heterocycles. The van der Waals surface area contributed by atoms with Crippen molar-refractivity contribution in [2.75, 3.05) is 39.0 Å². The van der Waals surface area contributed by atoms with Crippen LogP contribution in [0.3, 0.4) is 0 Å². The molecule has 0 spiro atoms. The van der Waals surface area contributed by atoms with Crippen LogP contribution in [0.1, 0.15) is 0 Å². The summed E-state index contributed by atoms with van der Waals surface area (Å²) in [5.74, 6) is -0.0900. The van der Waals surface area contributed by atoms with Gasteiger partial charge in [0.2, 0.25) is 5.91 Å². The lowest BCUT2D eigenvalue weighted by molar-refractivity contribution is -0.119. The number of anilines is 1. The standard InChI is InChI=1S/C12H17Cl2N3O/c1-17(2)7-6-15-11(18)8-16-12-9(13)4-3-5-10(12)14/h3-5,16H,6-8H2,1-2H3,(H,15,18). The predicted molar refractivity (Wildman–Crippen MR) is 76.5 cm³/mol. The molecule has 1 aromatic rings. The van der Waals surface area contributed by atoms with Crippen molar-refractivity contribution in [2.45, 2.75) is 0 Å². The molecule has 6 heteroatoms. The number of hydrogen-bond acceptors (Lipinski definition) is 3. The van der Waals surface area contributed by atoms with E-state index in [0.29, 0.717) is 22.3 Å². The number of amides is 1. The quantitative estimate of drug-likeness (QED) is 0.843. The van der Waals surface area contributed by atoms with Gasteiger partial charge in [-0.25, -0.2) is 0 Å². The van der Waals surface area contributed by atoms with Crippen molar-refractivity contribution < 1.29 is 4.79 Å². The van der Waals surface area contributed by atoms with Gasteiger partial charge in [-0.1, -0.05) is 29.3 Å². The first kappa shape index (κ1) is 15.1. The monoisotopic (exact) mass is 289 g/mol. The molecule has 0 saturated heterocycles. The minimum Gasteiger partial charge on any atom is -0.374 e. The highest BCUT2D eigenvalue weighted by atomic mass is 35.5. The molecule has 0 heterocycles. The van der Waals surface area contributed by atoms with Crippen LogP contribution in [0, 0.1) is 0 Å². The van der Waals surface area contributed by atoms with Crippen molar-refractivity contribution >= 4 is 34.8 Å². The van der Waals surface area contributed by atoms with E-state index < -0.39 is 0 Å². The van der Waals surface area contributed by atoms with E-state index in [4.69, 9.17) is 23.2 Å². The highest BCUT2D eigenvalue weighted by Crippen LogP contribution is 2.29. The second-order valence-electron chi connectivity index (χ2n) is 4.10. The molecule has 0 atom stereocenters. The largest absolute Gasteiger partial charge is 0.374 e. The van der Waals surface area contributed by atoms with Gasteiger partial charge in [0.1, 0.15) is 0 Å². The zero-order valence-corrected chi connectivity index (χ0v) is 12.0. The van der Waals surface area contributed by atoms with Crippen LogP contribution in [-0.2, 0) is 4.79 Å². The van der Waals surface area contributed by atoms with Crippen LogP contribution >= 0.6 is 23.2 Å². The van der Waals surface area contributed by atoms with Gasteiger partial charge in [-0.15, -0.1) is 0 Å². The summed E-state index contributed by atoms with van der Waals surface area (Å²) in [5, 5.41) is 6.73. The van der Waals surface area contributed by atoms with E-state index in [1.54, 1.807) is 18.2 Å². The summed E-state index contributed by atoms with van der Waals surface area (Å²) in [5.41, 5.74) is 0.587. The van der Waals surface area contributed by atoms with Gasteiger partial charge < -0.3 is 15.5 Å². The second kappa shape index (κ2) is 7.46. The number of hydrogen-bond donors (Lipinski definition) is 2. The van der Waals surface area contributed by atoms with E-state index in [2.05, 4.69) is 10.6 Å². The number of carbonyl (C=O) groups excluding carboxylic acids is 1. The molecule has 0 unspecified atom stereocenters. The number of nitrogens with one attached hydrogen (secondary N) is 2. The van der Waals surface area contributed by atoms with Crippen LogP contribution in [-0.4, -0.2) is 44.5 Å². The minimum absolute atomic E-state index is 0.0900. The van der Waals surface area contributed by atoms with Gasteiger partial charge in [-0.05, 0) is 26.2 Å². The number of halogens is 2. The highest BCUT2D eigenvalue weighted by Gasteiger charge is 2.07. The molecule has 1 amide bonds. The van der Waals surface area contributed by atoms with E-state index in [1.807, 2.05) is 19.0 Å². The lowest BCUT2D eigenvalue weighted by Gasteiger charge is -2.12. The van der Waals surface area contributed by atoms with Crippen LogP contribution in [0.4, 0.5) is 5.69 Å². The van der Waals surface area contributed by atoms with E-state index in [-0.39, 0.29) is 12.5 Å². The van der Waals surface area contributed by atoms with Gasteiger partial charge in [0.25, 0.3) is 0 Å². The Hall–Kier alpha value is -0.970. The van der Waals surface area contributed by atoms with E-state index >= 15 is 0 Å². The Morgan fingerprint density at radius 2 is 1.89 bits per heavy atom. The molecular weight excluding hydrogens is 273 g/mol. The molecule has 1 aromatic carbocycles. The fraction of sp³-hybridized carbons (Fsp3) is 0.417. The molecular formula is C12H17Cl2N3O. The minimum atomic E-state index is -0.0900. The summed E-state index contributed by atoms with van der Waals surface area (Å²) in [4.78, 5) is 13.5. The fourth-order valence-corrected chi connectivity index (χ4v) is 1.85. The van der Waals surface area contributed by atoms with Gasteiger partial charge >= 0.3 is 0 Å². The van der Waals surface area contributed by atoms with Crippen molar-refractivity contribution in [3.05, 3.63) is 28.2 Å². The summed E-state index contributed by atoms with van der Waals surface area (Å²) >= 11 is 11.9. The molecule has 0 aliphatic rings. The number of nitrogens with zero attached hydrogens (tertiary/aromatic N) is 1. The molecule has 100 valence electrons. The molecule has 1 rings (SSSR count). The number of benzene rings is 1. The Labute approximate surface area is 117 Å². The molecule has 18 heavy (non-hydrogen) atoms. The molecule has 0 radical (unpaired) electrons. The van der Waals surface area contributed by atoms with E-state index in [1.165, 1.54) is 0 Å². The number of para-hydroxylation sites is 1. The number of likely N-dealkylation sites (N-methyl/N-ethyl adjacent to an activating group) is 1. The summed E-state index contributed by atoms with van der Waals surface area (Å²) in [6.45, 7) is 1.57. The first-order valence-electron chi connectivity index (χ1n) is 5.60. The van der Waals surface area contributed by atoms with Crippen LogP contribution in [0.5, 0.6) is 0 Å². The molecule has 0 fully saturated rings. The van der Waals surface area contributed by atoms with Crippen LogP contribution < -0.4 is 10.6 Å². The summed E-state index contributed by atoms with van der Waals surface area (Å²) in [7, 11) is 3.90. The van der Waals surface area contributed by atoms with Gasteiger partial charge in [0, 0.05) is 13.1 Å². The molecule has 0 aliphatic heterocycles. The Balaban J connectivity index is 2.38. The predicted octanol–water partition coefficient (Wildman–Crippen LogP) is 2.08. The van der Waals surface area contributed by atoms with Gasteiger partial charge in [0.05, 0.1) is 22.3 Å². The second-order valence-corrected chi connectivity index (χ2v) is 4.92. The first-order valence-corrected chi connectivity index (χ1v) is 6.35. The maximum Gasteiger partial charge on any atom is 0.239 e. The van der Waals surface area contributed by atoms with Gasteiger partial charge in [0.15, 0.2) is 0 Å². The third-order valence-corrected chi connectivity index (χ3v) is 2.90. The van der Waals surface area contributed by atoms with Crippen LogP contribution in [0.15, 0.2) is 18.2 Å². The third-order valence-electron chi connectivity index (χ3n) is 2.27. The molecule has 2 N–H and O–H groups in total. The lowest BCUT2D eigenvalue weighted by Crippen LogP contribution is -2.35. The van der Waals surface area contributed by atoms with Crippen LogP contribution in [0.25, 0.3) is 0 Å². The van der Waals surface area contributed by atoms with Crippen LogP contribution in [0.2, 0.25) is 10.0 Å². The molecule has 0 aliphatic carbocycles. The Bertz CT molecular complexity index is 390. The normalized spacial score (nSPS) is 10.5. The maximum absolute atomic E-state index is 11.5. The maximum atomic E-state index is 11.5. The SMILES string of the molecule is CN(C)CCNC(=O)CNc1c(Cl)cccc1Cl. The molecule has 0 bridgehead atoms. The molecule has 4 nitrogen and oxygen atoms in total. The third kappa shape index (κ3) is 5.12. The summed E-state index contributed by atoms with van der Waals surface area (Å²) in [6.07, 6.45) is 0. The zero-order chi connectivity index (χ0) is 13.5. The van der Waals surface area contributed by atoms with Crippen molar-refractivity contribution in [2.24, 2.45) is 0 Å². The van der Waals surface area contributed by atoms with Gasteiger partial charge in [-0.3, -0.25) is 4.79 Å². The Morgan fingerprint density at radius 3 is 2.44 bits per heavy atom. The molecule has 0 saturated carbocycles. The lowest BCUT2D eigenvalue weighted by atomic mass is 10.3. The van der Waals surface area contributed by atoms with Crippen molar-refractivity contribution in [3.63, 3.8) is 0 Å². The van der Waals surface area contributed by atoms with E-state index in [0.717, 1.165) is 6.54 Å². The number of rotatable bonds is 6. The number of carbonyl (C=O) groups is 1.